The predicted octanol–water partition coefficient (Wildman–Crippen LogP) is 2.95. The number of aromatic nitrogens is 1. The number of rotatable bonds is 1. The van der Waals surface area contributed by atoms with Crippen molar-refractivity contribution < 1.29 is 23.1 Å². The summed E-state index contributed by atoms with van der Waals surface area (Å²) in [5.74, 6) is -1.28. The molecule has 3 nitrogen and oxygen atoms in total. The van der Waals surface area contributed by atoms with E-state index in [9.17, 15) is 18.0 Å². The van der Waals surface area contributed by atoms with E-state index in [1.54, 1.807) is 0 Å². The van der Waals surface area contributed by atoms with Crippen molar-refractivity contribution in [2.45, 2.75) is 6.18 Å². The maximum Gasteiger partial charge on any atom is 0.418 e. The van der Waals surface area contributed by atoms with Gasteiger partial charge in [0.25, 0.3) is 0 Å². The van der Waals surface area contributed by atoms with Crippen LogP contribution in [0.15, 0.2) is 30.5 Å². The molecule has 0 fully saturated rings. The highest BCUT2D eigenvalue weighted by atomic mass is 19.4. The van der Waals surface area contributed by atoms with Crippen molar-refractivity contribution in [1.29, 1.82) is 0 Å². The summed E-state index contributed by atoms with van der Waals surface area (Å²) in [4.78, 5) is 14.5. The highest BCUT2D eigenvalue weighted by Gasteiger charge is 2.33. The summed E-state index contributed by atoms with van der Waals surface area (Å²) in [6, 6.07) is 4.52. The van der Waals surface area contributed by atoms with Crippen molar-refractivity contribution in [2.75, 3.05) is 0 Å². The first-order chi connectivity index (χ1) is 7.91. The number of hydrogen-bond acceptors (Lipinski definition) is 2. The van der Waals surface area contributed by atoms with Crippen LogP contribution in [-0.2, 0) is 6.18 Å². The molecule has 88 valence electrons. The fourth-order valence-electron chi connectivity index (χ4n) is 1.59. The van der Waals surface area contributed by atoms with Crippen molar-refractivity contribution in [3.8, 4) is 0 Å². The number of pyridine rings is 1. The number of para-hydroxylation sites is 1. The molecule has 0 saturated heterocycles. The lowest BCUT2D eigenvalue weighted by molar-refractivity contribution is -0.136. The van der Waals surface area contributed by atoms with Crippen LogP contribution in [0.25, 0.3) is 10.9 Å². The number of hydrogen-bond donors (Lipinski definition) is 1. The Bertz CT molecular complexity index is 593. The van der Waals surface area contributed by atoms with Crippen LogP contribution >= 0.6 is 0 Å². The first kappa shape index (κ1) is 11.4. The van der Waals surface area contributed by atoms with Crippen molar-refractivity contribution in [2.24, 2.45) is 0 Å². The fraction of sp³-hybridized carbons (Fsp3) is 0.0909. The number of carbonyl (C=O) groups is 1. The summed E-state index contributed by atoms with van der Waals surface area (Å²) >= 11 is 0. The molecule has 1 aromatic carbocycles. The summed E-state index contributed by atoms with van der Waals surface area (Å²) < 4.78 is 38.0. The lowest BCUT2D eigenvalue weighted by atomic mass is 10.1. The standard InChI is InChI=1S/C11H6F3NO2/c12-11(13,14)8-3-1-2-6-7(10(16)17)4-5-15-9(6)8/h1-5H,(H,16,17). The number of carboxylic acid groups (broad SMARTS) is 1. The minimum atomic E-state index is -4.55. The number of carboxylic acids is 1. The van der Waals surface area contributed by atoms with E-state index in [1.807, 2.05) is 0 Å². The molecule has 1 heterocycles. The number of fused-ring (bicyclic) bond motifs is 1. The zero-order valence-corrected chi connectivity index (χ0v) is 8.32. The summed E-state index contributed by atoms with van der Waals surface area (Å²) in [5.41, 5.74) is -1.47. The number of aromatic carboxylic acids is 1. The molecule has 1 aromatic heterocycles. The van der Waals surface area contributed by atoms with E-state index in [1.165, 1.54) is 18.2 Å². The summed E-state index contributed by atoms with van der Waals surface area (Å²) in [6.07, 6.45) is -3.50. The Balaban J connectivity index is 2.84. The molecule has 0 bridgehead atoms. The molecule has 1 N–H and O–H groups in total. The Morgan fingerprint density at radius 1 is 1.24 bits per heavy atom. The second kappa shape index (κ2) is 3.73. The molecule has 0 aliphatic rings. The van der Waals surface area contributed by atoms with Crippen molar-refractivity contribution >= 4 is 16.9 Å². The molecule has 0 unspecified atom stereocenters. The lowest BCUT2D eigenvalue weighted by Crippen LogP contribution is -2.08. The Labute approximate surface area is 93.5 Å². The van der Waals surface area contributed by atoms with Gasteiger partial charge in [0.15, 0.2) is 0 Å². The van der Waals surface area contributed by atoms with E-state index in [2.05, 4.69) is 4.98 Å². The van der Waals surface area contributed by atoms with E-state index in [0.29, 0.717) is 0 Å². The molecular formula is C11H6F3NO2. The van der Waals surface area contributed by atoms with Gasteiger partial charge in [0, 0.05) is 11.6 Å². The summed E-state index contributed by atoms with van der Waals surface area (Å²) in [5, 5.41) is 8.85. The molecule has 0 spiro atoms. The average molecular weight is 241 g/mol. The van der Waals surface area contributed by atoms with Gasteiger partial charge >= 0.3 is 12.1 Å². The van der Waals surface area contributed by atoms with Gasteiger partial charge < -0.3 is 5.11 Å². The zero-order valence-electron chi connectivity index (χ0n) is 8.32. The van der Waals surface area contributed by atoms with Crippen molar-refractivity contribution in [1.82, 2.24) is 4.98 Å². The topological polar surface area (TPSA) is 50.2 Å². The van der Waals surface area contributed by atoms with Crippen LogP contribution in [0.3, 0.4) is 0 Å². The van der Waals surface area contributed by atoms with Crippen LogP contribution < -0.4 is 0 Å². The minimum Gasteiger partial charge on any atom is -0.478 e. The Morgan fingerprint density at radius 3 is 2.53 bits per heavy atom. The van der Waals surface area contributed by atoms with E-state index >= 15 is 0 Å². The molecule has 0 amide bonds. The van der Waals surface area contributed by atoms with E-state index in [4.69, 9.17) is 5.11 Å². The third-order valence-electron chi connectivity index (χ3n) is 2.31. The molecule has 6 heteroatoms. The number of nitrogens with zero attached hydrogens (tertiary/aromatic N) is 1. The Morgan fingerprint density at radius 2 is 1.94 bits per heavy atom. The smallest absolute Gasteiger partial charge is 0.418 e. The second-order valence-electron chi connectivity index (χ2n) is 3.36. The highest BCUT2D eigenvalue weighted by molar-refractivity contribution is 6.03. The molecule has 0 aliphatic heterocycles. The van der Waals surface area contributed by atoms with Crippen molar-refractivity contribution in [3.63, 3.8) is 0 Å². The summed E-state index contributed by atoms with van der Waals surface area (Å²) in [7, 11) is 0. The van der Waals surface area contributed by atoms with Gasteiger partial charge in [-0.05, 0) is 12.1 Å². The Hall–Kier alpha value is -2.11. The van der Waals surface area contributed by atoms with Crippen LogP contribution in [0, 0.1) is 0 Å². The maximum absolute atomic E-state index is 12.7. The highest BCUT2D eigenvalue weighted by Crippen LogP contribution is 2.34. The van der Waals surface area contributed by atoms with E-state index in [0.717, 1.165) is 12.3 Å². The van der Waals surface area contributed by atoms with Gasteiger partial charge in [-0.25, -0.2) is 4.79 Å². The van der Waals surface area contributed by atoms with E-state index in [-0.39, 0.29) is 16.5 Å². The van der Waals surface area contributed by atoms with Crippen LogP contribution in [0.1, 0.15) is 15.9 Å². The third-order valence-corrected chi connectivity index (χ3v) is 2.31. The van der Waals surface area contributed by atoms with Gasteiger partial charge in [-0.1, -0.05) is 12.1 Å². The lowest BCUT2D eigenvalue weighted by Gasteiger charge is -2.10. The molecule has 0 saturated carbocycles. The largest absolute Gasteiger partial charge is 0.478 e. The van der Waals surface area contributed by atoms with E-state index < -0.39 is 17.7 Å². The first-order valence-electron chi connectivity index (χ1n) is 4.59. The molecular weight excluding hydrogens is 235 g/mol. The van der Waals surface area contributed by atoms with Crippen molar-refractivity contribution in [3.05, 3.63) is 41.6 Å². The normalized spacial score (nSPS) is 11.7. The van der Waals surface area contributed by atoms with Gasteiger partial charge in [-0.15, -0.1) is 0 Å². The minimum absolute atomic E-state index is 0.0187. The van der Waals surface area contributed by atoms with Crippen LogP contribution in [0.2, 0.25) is 0 Å². The molecule has 0 radical (unpaired) electrons. The monoisotopic (exact) mass is 241 g/mol. The van der Waals surface area contributed by atoms with Gasteiger partial charge in [0.05, 0.1) is 16.6 Å². The van der Waals surface area contributed by atoms with Crippen LogP contribution in [0.4, 0.5) is 13.2 Å². The number of halogens is 3. The molecule has 17 heavy (non-hydrogen) atoms. The first-order valence-corrected chi connectivity index (χ1v) is 4.59. The molecule has 2 aromatic rings. The molecule has 0 atom stereocenters. The number of benzene rings is 1. The van der Waals surface area contributed by atoms with Gasteiger partial charge in [-0.2, -0.15) is 13.2 Å². The Kier molecular flexibility index (Phi) is 2.49. The fourth-order valence-corrected chi connectivity index (χ4v) is 1.59. The third kappa shape index (κ3) is 1.93. The SMILES string of the molecule is O=C(O)c1ccnc2c(C(F)(F)F)cccc12. The van der Waals surface area contributed by atoms with Crippen LogP contribution in [0.5, 0.6) is 0 Å². The quantitative estimate of drug-likeness (QED) is 0.835. The predicted molar refractivity (Wildman–Crippen MR) is 53.7 cm³/mol. The maximum atomic E-state index is 12.7. The van der Waals surface area contributed by atoms with Gasteiger partial charge in [0.1, 0.15) is 0 Å². The number of alkyl halides is 3. The second-order valence-corrected chi connectivity index (χ2v) is 3.36. The molecule has 0 aliphatic carbocycles. The average Bonchev–Trinajstić information content (AvgIpc) is 2.26. The van der Waals surface area contributed by atoms with Crippen LogP contribution in [-0.4, -0.2) is 16.1 Å². The summed E-state index contributed by atoms with van der Waals surface area (Å²) in [6.45, 7) is 0. The molecule has 2 rings (SSSR count). The van der Waals surface area contributed by atoms with Gasteiger partial charge in [-0.3, -0.25) is 4.98 Å². The zero-order chi connectivity index (χ0) is 12.6. The van der Waals surface area contributed by atoms with Gasteiger partial charge in [0.2, 0.25) is 0 Å².